The molecule has 3 heterocycles. The van der Waals surface area contributed by atoms with Crippen LogP contribution in [-0.2, 0) is 25.5 Å². The number of nitrogens with zero attached hydrogens (tertiary/aromatic N) is 2. The standard InChI is InChI=1S/C36H45BN2O6/c1-3-24(19-26-11-7-8-12-31(26)40)13-14-32-33-27(23-44-2)20-29-34(30(33)21-37(43)45-32)36(42)39(35(29)41)28-15-17-38(18-16-28)22-25-9-5-4-6-10-25/h4-12,19,28-30,32,34,40,43H,3,13-18,20-23H2,1-2H3/b24-19+/t29-,30+,32-,34-/m1/s1. The van der Waals surface area contributed by atoms with Gasteiger partial charge in [-0.05, 0) is 73.5 Å². The topological polar surface area (TPSA) is 99.5 Å². The van der Waals surface area contributed by atoms with Crippen LogP contribution >= 0.6 is 0 Å². The van der Waals surface area contributed by atoms with Gasteiger partial charge in [0.25, 0.3) is 0 Å². The number of aromatic hydroxyl groups is 1. The van der Waals surface area contributed by atoms with E-state index < -0.39 is 19.0 Å². The van der Waals surface area contributed by atoms with E-state index in [4.69, 9.17) is 9.39 Å². The molecule has 2 N–H and O–H groups in total. The number of phenols is 1. The number of carbonyl (C=O) groups is 2. The first-order valence-electron chi connectivity index (χ1n) is 16.5. The fourth-order valence-electron chi connectivity index (χ4n) is 8.13. The molecule has 238 valence electrons. The fourth-order valence-corrected chi connectivity index (χ4v) is 8.13. The summed E-state index contributed by atoms with van der Waals surface area (Å²) in [6, 6.07) is 17.6. The molecule has 2 aromatic carbocycles. The van der Waals surface area contributed by atoms with Crippen LogP contribution in [0.15, 0.2) is 71.3 Å². The Bertz CT molecular complexity index is 1440. The number of methoxy groups -OCH3 is 1. The Morgan fingerprint density at radius 3 is 2.49 bits per heavy atom. The second-order valence-electron chi connectivity index (χ2n) is 13.0. The van der Waals surface area contributed by atoms with Crippen LogP contribution in [0.25, 0.3) is 6.08 Å². The third-order valence-electron chi connectivity index (χ3n) is 10.3. The molecule has 45 heavy (non-hydrogen) atoms. The molecule has 0 aromatic heterocycles. The molecule has 9 heteroatoms. The first kappa shape index (κ1) is 31.7. The number of likely N-dealkylation sites (tertiary alicyclic amines) is 2. The van der Waals surface area contributed by atoms with Crippen LogP contribution in [-0.4, -0.2) is 77.8 Å². The molecule has 3 saturated heterocycles. The molecule has 2 aromatic rings. The Balaban J connectivity index is 1.19. The molecule has 3 fully saturated rings. The highest BCUT2D eigenvalue weighted by molar-refractivity contribution is 6.43. The van der Waals surface area contributed by atoms with Crippen molar-refractivity contribution in [2.45, 2.75) is 70.5 Å². The summed E-state index contributed by atoms with van der Waals surface area (Å²) in [6.07, 6.45) is 6.15. The van der Waals surface area contributed by atoms with Gasteiger partial charge >= 0.3 is 7.12 Å². The van der Waals surface area contributed by atoms with E-state index in [1.165, 1.54) is 5.56 Å². The van der Waals surface area contributed by atoms with E-state index in [1.54, 1.807) is 24.1 Å². The minimum atomic E-state index is -1.00. The van der Waals surface area contributed by atoms with Gasteiger partial charge in [-0.3, -0.25) is 19.4 Å². The van der Waals surface area contributed by atoms with E-state index in [0.717, 1.165) is 61.2 Å². The Labute approximate surface area is 266 Å². The van der Waals surface area contributed by atoms with Crippen molar-refractivity contribution in [2.24, 2.45) is 17.8 Å². The normalized spacial score (nSPS) is 26.4. The monoisotopic (exact) mass is 612 g/mol. The third-order valence-corrected chi connectivity index (χ3v) is 10.3. The molecular weight excluding hydrogens is 567 g/mol. The molecule has 1 aliphatic carbocycles. The van der Waals surface area contributed by atoms with Crippen LogP contribution in [0.5, 0.6) is 5.75 Å². The molecule has 0 saturated carbocycles. The lowest BCUT2D eigenvalue weighted by Gasteiger charge is -2.43. The molecule has 6 rings (SSSR count). The Morgan fingerprint density at radius 2 is 1.78 bits per heavy atom. The first-order valence-corrected chi connectivity index (χ1v) is 16.5. The summed E-state index contributed by atoms with van der Waals surface area (Å²) in [7, 11) is 0.653. The predicted octanol–water partition coefficient (Wildman–Crippen LogP) is 5.07. The molecule has 8 nitrogen and oxygen atoms in total. The van der Waals surface area contributed by atoms with Gasteiger partial charge in [-0.1, -0.05) is 67.1 Å². The summed E-state index contributed by atoms with van der Waals surface area (Å²) in [5, 5.41) is 21.2. The van der Waals surface area contributed by atoms with Gasteiger partial charge in [-0.2, -0.15) is 0 Å². The SMILES string of the molecule is CC/C(=C\c1ccccc1O)CC[C@H]1OB(O)C[C@H]2C1=C(COC)C[C@H]1C(=O)N(C3CCN(Cc4ccccc4)CC3)C(=O)[C@H]12. The highest BCUT2D eigenvalue weighted by atomic mass is 16.5. The zero-order valence-electron chi connectivity index (χ0n) is 26.4. The molecule has 4 atom stereocenters. The molecule has 0 bridgehead atoms. The number of amides is 2. The van der Waals surface area contributed by atoms with Gasteiger partial charge in [0.2, 0.25) is 11.8 Å². The number of para-hydroxylation sites is 1. The number of piperidine rings is 1. The molecule has 0 radical (unpaired) electrons. The van der Waals surface area contributed by atoms with E-state index in [2.05, 4.69) is 36.1 Å². The van der Waals surface area contributed by atoms with E-state index in [0.29, 0.717) is 32.2 Å². The molecule has 3 aliphatic heterocycles. The van der Waals surface area contributed by atoms with Gasteiger partial charge in [0.15, 0.2) is 0 Å². The maximum Gasteiger partial charge on any atom is 0.455 e. The molecule has 2 amide bonds. The minimum absolute atomic E-state index is 0.0597. The fraction of sp³-hybridized carbons (Fsp3) is 0.500. The van der Waals surface area contributed by atoms with E-state index >= 15 is 0 Å². The van der Waals surface area contributed by atoms with E-state index in [-0.39, 0.29) is 35.6 Å². The number of hydrogen-bond acceptors (Lipinski definition) is 7. The second-order valence-corrected chi connectivity index (χ2v) is 13.0. The number of benzene rings is 2. The summed E-state index contributed by atoms with van der Waals surface area (Å²) in [6.45, 7) is 5.03. The van der Waals surface area contributed by atoms with Crippen molar-refractivity contribution < 1.29 is 29.1 Å². The highest BCUT2D eigenvalue weighted by Gasteiger charge is 2.58. The van der Waals surface area contributed by atoms with Gasteiger partial charge < -0.3 is 19.5 Å². The van der Waals surface area contributed by atoms with Crippen LogP contribution in [0.4, 0.5) is 0 Å². The zero-order valence-corrected chi connectivity index (χ0v) is 26.4. The van der Waals surface area contributed by atoms with Gasteiger partial charge in [0.1, 0.15) is 5.75 Å². The zero-order chi connectivity index (χ0) is 31.5. The summed E-state index contributed by atoms with van der Waals surface area (Å²) < 4.78 is 11.8. The maximum absolute atomic E-state index is 14.2. The summed E-state index contributed by atoms with van der Waals surface area (Å²) in [4.78, 5) is 32.2. The number of fused-ring (bicyclic) bond motifs is 3. The maximum atomic E-state index is 14.2. The molecule has 4 aliphatic rings. The Hall–Kier alpha value is -3.24. The first-order chi connectivity index (χ1) is 21.9. The lowest BCUT2D eigenvalue weighted by atomic mass is 9.58. The number of rotatable bonds is 10. The van der Waals surface area contributed by atoms with Gasteiger partial charge in [-0.25, -0.2) is 0 Å². The van der Waals surface area contributed by atoms with Crippen molar-refractivity contribution in [1.29, 1.82) is 0 Å². The summed E-state index contributed by atoms with van der Waals surface area (Å²) in [5.74, 6) is -1.04. The highest BCUT2D eigenvalue weighted by Crippen LogP contribution is 2.51. The van der Waals surface area contributed by atoms with Crippen molar-refractivity contribution in [3.63, 3.8) is 0 Å². The van der Waals surface area contributed by atoms with Gasteiger partial charge in [0, 0.05) is 38.3 Å². The largest absolute Gasteiger partial charge is 0.507 e. The predicted molar refractivity (Wildman–Crippen MR) is 174 cm³/mol. The van der Waals surface area contributed by atoms with E-state index in [9.17, 15) is 19.7 Å². The van der Waals surface area contributed by atoms with Gasteiger partial charge in [0.05, 0.1) is 24.5 Å². The summed E-state index contributed by atoms with van der Waals surface area (Å²) in [5.41, 5.74) is 5.28. The Morgan fingerprint density at radius 1 is 1.04 bits per heavy atom. The van der Waals surface area contributed by atoms with Gasteiger partial charge in [-0.15, -0.1) is 0 Å². The van der Waals surface area contributed by atoms with Crippen LogP contribution in [0.2, 0.25) is 6.32 Å². The van der Waals surface area contributed by atoms with Crippen molar-refractivity contribution in [3.8, 4) is 5.75 Å². The minimum Gasteiger partial charge on any atom is -0.507 e. The number of allylic oxidation sites excluding steroid dienone is 1. The smallest absolute Gasteiger partial charge is 0.455 e. The average molecular weight is 613 g/mol. The van der Waals surface area contributed by atoms with Crippen molar-refractivity contribution >= 4 is 25.0 Å². The third kappa shape index (κ3) is 6.68. The number of ether oxygens (including phenoxy) is 1. The summed E-state index contributed by atoms with van der Waals surface area (Å²) >= 11 is 0. The van der Waals surface area contributed by atoms with Crippen LogP contribution in [0.3, 0.4) is 0 Å². The quantitative estimate of drug-likeness (QED) is 0.220. The van der Waals surface area contributed by atoms with Crippen molar-refractivity contribution in [2.75, 3.05) is 26.8 Å². The molecule has 0 spiro atoms. The molecular formula is C36H45BN2O6. The van der Waals surface area contributed by atoms with Crippen LogP contribution in [0, 0.1) is 17.8 Å². The van der Waals surface area contributed by atoms with Crippen LogP contribution in [0.1, 0.15) is 56.6 Å². The number of hydrogen-bond donors (Lipinski definition) is 2. The number of carbonyl (C=O) groups excluding carboxylic acids is 2. The number of phenolic OH excluding ortho intramolecular Hbond substituents is 1. The van der Waals surface area contributed by atoms with Crippen molar-refractivity contribution in [1.82, 2.24) is 9.80 Å². The second kappa shape index (κ2) is 14.0. The number of imide groups is 1. The lowest BCUT2D eigenvalue weighted by Crippen LogP contribution is -2.48. The molecule has 0 unspecified atom stereocenters. The van der Waals surface area contributed by atoms with Crippen molar-refractivity contribution in [3.05, 3.63) is 82.4 Å². The van der Waals surface area contributed by atoms with Crippen LogP contribution < -0.4 is 0 Å². The average Bonchev–Trinajstić information content (AvgIpc) is 3.29. The Kier molecular flexibility index (Phi) is 9.90. The van der Waals surface area contributed by atoms with E-state index in [1.807, 2.05) is 24.3 Å². The lowest BCUT2D eigenvalue weighted by molar-refractivity contribution is -0.144.